The van der Waals surface area contributed by atoms with Gasteiger partial charge in [0.1, 0.15) is 18.4 Å². The van der Waals surface area contributed by atoms with Crippen molar-refractivity contribution >= 4 is 17.7 Å². The maximum absolute atomic E-state index is 13.8. The van der Waals surface area contributed by atoms with Gasteiger partial charge < -0.3 is 4.90 Å². The fraction of sp³-hybridized carbons (Fsp3) is 0.357. The number of nitrogens with zero attached hydrogens (tertiary/aromatic N) is 1. The zero-order valence-corrected chi connectivity index (χ0v) is 11.3. The van der Waals surface area contributed by atoms with Gasteiger partial charge in [-0.05, 0) is 25.5 Å². The van der Waals surface area contributed by atoms with Gasteiger partial charge in [-0.15, -0.1) is 0 Å². The maximum atomic E-state index is 13.8. The van der Waals surface area contributed by atoms with Crippen molar-refractivity contribution in [2.24, 2.45) is 0 Å². The molecule has 0 radical (unpaired) electrons. The molecule has 1 aliphatic heterocycles. The predicted molar refractivity (Wildman–Crippen MR) is 69.4 cm³/mol. The van der Waals surface area contributed by atoms with E-state index in [1.54, 1.807) is 19.9 Å². The quantitative estimate of drug-likeness (QED) is 0.821. The summed E-state index contributed by atoms with van der Waals surface area (Å²) in [6.07, 6.45) is 0.359. The third-order valence-electron chi connectivity index (χ3n) is 3.26. The number of amides is 3. The van der Waals surface area contributed by atoms with Crippen molar-refractivity contribution in [1.82, 2.24) is 10.2 Å². The molecule has 1 aromatic carbocycles. The van der Waals surface area contributed by atoms with E-state index in [2.05, 4.69) is 5.32 Å². The molecule has 0 saturated carbocycles. The molecule has 1 aromatic rings. The van der Waals surface area contributed by atoms with E-state index >= 15 is 0 Å². The third kappa shape index (κ3) is 2.54. The normalized spacial score (nSPS) is 18.9. The Morgan fingerprint density at radius 1 is 1.45 bits per heavy atom. The Labute approximate surface area is 115 Å². The van der Waals surface area contributed by atoms with Crippen LogP contribution >= 0.6 is 0 Å². The second-order valence-electron chi connectivity index (χ2n) is 4.75. The van der Waals surface area contributed by atoms with Crippen LogP contribution in [-0.4, -0.2) is 35.2 Å². The number of rotatable bonds is 2. The minimum atomic E-state index is -0.750. The minimum absolute atomic E-state index is 0.119. The first-order chi connectivity index (χ1) is 9.43. The standard InChI is InChI=1S/C14H15FN2O3/c1-3-11-13(19)16-12(18)7-17(11)14(20)9-6-8(2)4-5-10(9)15/h4-6,11H,3,7H2,1-2H3,(H,16,18,19). The van der Waals surface area contributed by atoms with Crippen molar-refractivity contribution in [2.45, 2.75) is 26.3 Å². The van der Waals surface area contributed by atoms with Gasteiger partial charge in [0.25, 0.3) is 5.91 Å². The lowest BCUT2D eigenvalue weighted by Crippen LogP contribution is -2.59. The van der Waals surface area contributed by atoms with Gasteiger partial charge in [0.2, 0.25) is 11.8 Å². The van der Waals surface area contributed by atoms with E-state index in [9.17, 15) is 18.8 Å². The Balaban J connectivity index is 2.37. The van der Waals surface area contributed by atoms with Crippen molar-refractivity contribution in [3.05, 3.63) is 35.1 Å². The van der Waals surface area contributed by atoms with Gasteiger partial charge in [-0.25, -0.2) is 4.39 Å². The molecule has 20 heavy (non-hydrogen) atoms. The van der Waals surface area contributed by atoms with Crippen LogP contribution < -0.4 is 5.32 Å². The molecule has 1 fully saturated rings. The van der Waals surface area contributed by atoms with Gasteiger partial charge >= 0.3 is 0 Å². The molecule has 1 saturated heterocycles. The van der Waals surface area contributed by atoms with Crippen LogP contribution in [0.15, 0.2) is 18.2 Å². The summed E-state index contributed by atoms with van der Waals surface area (Å²) in [5.74, 6) is -2.37. The lowest BCUT2D eigenvalue weighted by atomic mass is 10.1. The number of halogens is 1. The molecule has 1 heterocycles. The summed E-state index contributed by atoms with van der Waals surface area (Å²) in [7, 11) is 0. The largest absolute Gasteiger partial charge is 0.317 e. The van der Waals surface area contributed by atoms with Crippen LogP contribution in [0.2, 0.25) is 0 Å². The SMILES string of the molecule is CCC1C(=O)NC(=O)CN1C(=O)c1cc(C)ccc1F. The van der Waals surface area contributed by atoms with E-state index in [4.69, 9.17) is 0 Å². The summed E-state index contributed by atoms with van der Waals surface area (Å²) in [6.45, 7) is 3.23. The van der Waals surface area contributed by atoms with E-state index in [0.717, 1.165) is 10.5 Å². The second-order valence-corrected chi connectivity index (χ2v) is 4.75. The fourth-order valence-electron chi connectivity index (χ4n) is 2.24. The number of nitrogens with one attached hydrogen (secondary N) is 1. The number of hydrogen-bond acceptors (Lipinski definition) is 3. The zero-order chi connectivity index (χ0) is 14.9. The number of piperazine rings is 1. The Bertz CT molecular complexity index is 586. The molecule has 1 unspecified atom stereocenters. The highest BCUT2D eigenvalue weighted by Gasteiger charge is 2.36. The number of aryl methyl sites for hydroxylation is 1. The molecular formula is C14H15FN2O3. The van der Waals surface area contributed by atoms with Gasteiger partial charge in [-0.3, -0.25) is 19.7 Å². The first-order valence-corrected chi connectivity index (χ1v) is 6.35. The Morgan fingerprint density at radius 3 is 2.80 bits per heavy atom. The van der Waals surface area contributed by atoms with Gasteiger partial charge in [-0.2, -0.15) is 0 Å². The van der Waals surface area contributed by atoms with Crippen molar-refractivity contribution in [3.63, 3.8) is 0 Å². The molecule has 6 heteroatoms. The maximum Gasteiger partial charge on any atom is 0.257 e. The van der Waals surface area contributed by atoms with Crippen LogP contribution in [0, 0.1) is 12.7 Å². The van der Waals surface area contributed by atoms with Crippen LogP contribution in [0.1, 0.15) is 29.3 Å². The van der Waals surface area contributed by atoms with E-state index in [0.29, 0.717) is 6.42 Å². The van der Waals surface area contributed by atoms with Crippen LogP contribution in [0.4, 0.5) is 4.39 Å². The Morgan fingerprint density at radius 2 is 2.15 bits per heavy atom. The average molecular weight is 278 g/mol. The van der Waals surface area contributed by atoms with E-state index in [-0.39, 0.29) is 12.1 Å². The zero-order valence-electron chi connectivity index (χ0n) is 11.3. The molecule has 1 atom stereocenters. The highest BCUT2D eigenvalue weighted by molar-refractivity contribution is 6.07. The summed E-state index contributed by atoms with van der Waals surface area (Å²) in [4.78, 5) is 36.6. The number of carbonyl (C=O) groups excluding carboxylic acids is 3. The molecule has 1 N–H and O–H groups in total. The van der Waals surface area contributed by atoms with Gasteiger partial charge in [0, 0.05) is 0 Å². The molecule has 0 aromatic heterocycles. The van der Waals surface area contributed by atoms with E-state index in [1.807, 2.05) is 0 Å². The van der Waals surface area contributed by atoms with Crippen molar-refractivity contribution in [3.8, 4) is 0 Å². The first kappa shape index (κ1) is 14.2. The molecule has 0 bridgehead atoms. The number of imide groups is 1. The number of benzene rings is 1. The molecule has 0 spiro atoms. The summed E-state index contributed by atoms with van der Waals surface area (Å²) in [5, 5.41) is 2.18. The minimum Gasteiger partial charge on any atom is -0.317 e. The molecule has 0 aliphatic carbocycles. The number of hydrogen-bond donors (Lipinski definition) is 1. The van der Waals surface area contributed by atoms with Gasteiger partial charge in [0.15, 0.2) is 0 Å². The second kappa shape index (κ2) is 5.40. The van der Waals surface area contributed by atoms with Crippen molar-refractivity contribution in [1.29, 1.82) is 0 Å². The lowest BCUT2D eigenvalue weighted by molar-refractivity contribution is -0.138. The van der Waals surface area contributed by atoms with Crippen LogP contribution in [0.5, 0.6) is 0 Å². The molecule has 2 rings (SSSR count). The third-order valence-corrected chi connectivity index (χ3v) is 3.26. The van der Waals surface area contributed by atoms with Crippen LogP contribution in [-0.2, 0) is 9.59 Å². The van der Waals surface area contributed by atoms with Crippen molar-refractivity contribution < 1.29 is 18.8 Å². The molecule has 3 amide bonds. The monoisotopic (exact) mass is 278 g/mol. The predicted octanol–water partition coefficient (Wildman–Crippen LogP) is 1.01. The highest BCUT2D eigenvalue weighted by Crippen LogP contribution is 2.17. The average Bonchev–Trinajstić information content (AvgIpc) is 2.40. The smallest absolute Gasteiger partial charge is 0.257 e. The van der Waals surface area contributed by atoms with Gasteiger partial charge in [-0.1, -0.05) is 18.6 Å². The summed E-state index contributed by atoms with van der Waals surface area (Å²) >= 11 is 0. The molecule has 5 nitrogen and oxygen atoms in total. The molecule has 1 aliphatic rings. The fourth-order valence-corrected chi connectivity index (χ4v) is 2.24. The first-order valence-electron chi connectivity index (χ1n) is 6.35. The Hall–Kier alpha value is -2.24. The van der Waals surface area contributed by atoms with Gasteiger partial charge in [0.05, 0.1) is 5.56 Å². The summed E-state index contributed by atoms with van der Waals surface area (Å²) in [5.41, 5.74) is 0.613. The van der Waals surface area contributed by atoms with Crippen LogP contribution in [0.25, 0.3) is 0 Å². The molecular weight excluding hydrogens is 263 g/mol. The Kier molecular flexibility index (Phi) is 3.83. The lowest BCUT2D eigenvalue weighted by Gasteiger charge is -2.33. The topological polar surface area (TPSA) is 66.5 Å². The summed E-state index contributed by atoms with van der Waals surface area (Å²) < 4.78 is 13.8. The molecule has 106 valence electrons. The van der Waals surface area contributed by atoms with Crippen molar-refractivity contribution in [2.75, 3.05) is 6.54 Å². The van der Waals surface area contributed by atoms with E-state index in [1.165, 1.54) is 12.1 Å². The number of carbonyl (C=O) groups is 3. The summed E-state index contributed by atoms with van der Waals surface area (Å²) in [6, 6.07) is 3.42. The van der Waals surface area contributed by atoms with Crippen LogP contribution in [0.3, 0.4) is 0 Å². The van der Waals surface area contributed by atoms with E-state index < -0.39 is 29.6 Å². The highest BCUT2D eigenvalue weighted by atomic mass is 19.1.